The molecular formula is C15H23FN2O2S. The van der Waals surface area contributed by atoms with Gasteiger partial charge in [0.05, 0.1) is 0 Å². The molecule has 0 radical (unpaired) electrons. The van der Waals surface area contributed by atoms with Crippen LogP contribution in [-0.4, -0.2) is 44.2 Å². The second-order valence-corrected chi connectivity index (χ2v) is 7.93. The van der Waals surface area contributed by atoms with Crippen LogP contribution in [0.5, 0.6) is 0 Å². The molecule has 1 fully saturated rings. The normalized spacial score (nSPS) is 20.9. The molecule has 0 spiro atoms. The second-order valence-electron chi connectivity index (χ2n) is 5.79. The maximum atomic E-state index is 13.6. The summed E-state index contributed by atoms with van der Waals surface area (Å²) in [6, 6.07) is 6.79. The number of halogens is 1. The van der Waals surface area contributed by atoms with Crippen LogP contribution in [-0.2, 0) is 16.6 Å². The van der Waals surface area contributed by atoms with Crippen LogP contribution < -0.4 is 0 Å². The zero-order valence-electron chi connectivity index (χ0n) is 12.6. The number of rotatable bonds is 5. The number of aryl methyl sites for hydroxylation is 1. The highest BCUT2D eigenvalue weighted by molar-refractivity contribution is 7.86. The highest BCUT2D eigenvalue weighted by atomic mass is 32.2. The number of hydrogen-bond acceptors (Lipinski definition) is 2. The van der Waals surface area contributed by atoms with Crippen LogP contribution in [0.2, 0.25) is 0 Å². The molecule has 0 N–H and O–H groups in total. The molecule has 0 saturated carbocycles. The molecule has 0 unspecified atom stereocenters. The lowest BCUT2D eigenvalue weighted by Crippen LogP contribution is -2.45. The molecule has 4 nitrogen and oxygen atoms in total. The summed E-state index contributed by atoms with van der Waals surface area (Å²) in [6.45, 7) is 1.12. The average Bonchev–Trinajstić information content (AvgIpc) is 2.46. The van der Waals surface area contributed by atoms with E-state index in [9.17, 15) is 12.8 Å². The number of hydrogen-bond donors (Lipinski definition) is 0. The van der Waals surface area contributed by atoms with Gasteiger partial charge in [-0.05, 0) is 43.2 Å². The van der Waals surface area contributed by atoms with Crippen molar-refractivity contribution < 1.29 is 12.8 Å². The van der Waals surface area contributed by atoms with Crippen molar-refractivity contribution in [2.45, 2.75) is 25.7 Å². The van der Waals surface area contributed by atoms with Crippen LogP contribution in [0.4, 0.5) is 4.39 Å². The maximum Gasteiger partial charge on any atom is 0.281 e. The molecule has 6 heteroatoms. The van der Waals surface area contributed by atoms with E-state index in [-0.39, 0.29) is 5.82 Å². The topological polar surface area (TPSA) is 40.6 Å². The van der Waals surface area contributed by atoms with Gasteiger partial charge in [-0.15, -0.1) is 0 Å². The Morgan fingerprint density at radius 1 is 1.33 bits per heavy atom. The van der Waals surface area contributed by atoms with Crippen molar-refractivity contribution in [3.8, 4) is 0 Å². The van der Waals surface area contributed by atoms with Gasteiger partial charge in [-0.1, -0.05) is 18.2 Å². The third-order valence-corrected chi connectivity index (χ3v) is 5.96. The molecule has 1 aromatic rings. The van der Waals surface area contributed by atoms with E-state index < -0.39 is 10.2 Å². The fourth-order valence-electron chi connectivity index (χ4n) is 2.76. The molecular weight excluding hydrogens is 291 g/mol. The quantitative estimate of drug-likeness (QED) is 0.836. The minimum Gasteiger partial charge on any atom is -0.207 e. The van der Waals surface area contributed by atoms with Crippen molar-refractivity contribution in [1.29, 1.82) is 0 Å². The summed E-state index contributed by atoms with van der Waals surface area (Å²) < 4.78 is 40.7. The Balaban J connectivity index is 1.95. The van der Waals surface area contributed by atoms with Gasteiger partial charge in [0.2, 0.25) is 0 Å². The van der Waals surface area contributed by atoms with Crippen LogP contribution in [0.1, 0.15) is 24.8 Å². The molecule has 1 aliphatic heterocycles. The zero-order valence-corrected chi connectivity index (χ0v) is 13.4. The first-order chi connectivity index (χ1) is 9.91. The summed E-state index contributed by atoms with van der Waals surface area (Å²) in [4.78, 5) is 0. The van der Waals surface area contributed by atoms with Crippen LogP contribution >= 0.6 is 0 Å². The number of piperidine rings is 1. The Morgan fingerprint density at radius 3 is 2.71 bits per heavy atom. The maximum absolute atomic E-state index is 13.6. The van der Waals surface area contributed by atoms with Gasteiger partial charge in [-0.3, -0.25) is 0 Å². The summed E-state index contributed by atoms with van der Waals surface area (Å²) >= 11 is 0. The van der Waals surface area contributed by atoms with Gasteiger partial charge >= 0.3 is 0 Å². The van der Waals surface area contributed by atoms with E-state index >= 15 is 0 Å². The smallest absolute Gasteiger partial charge is 0.207 e. The summed E-state index contributed by atoms with van der Waals surface area (Å²) in [5.74, 6) is 0.124. The van der Waals surface area contributed by atoms with Crippen molar-refractivity contribution in [2.24, 2.45) is 5.92 Å². The monoisotopic (exact) mass is 314 g/mol. The van der Waals surface area contributed by atoms with Gasteiger partial charge < -0.3 is 0 Å². The Labute approximate surface area is 126 Å². The van der Waals surface area contributed by atoms with Gasteiger partial charge in [0, 0.05) is 27.2 Å². The second kappa shape index (κ2) is 6.85. The molecule has 1 aromatic carbocycles. The Bertz CT molecular complexity index is 575. The molecule has 2 rings (SSSR count). The van der Waals surface area contributed by atoms with Crippen molar-refractivity contribution >= 4 is 10.2 Å². The fourth-order valence-corrected chi connectivity index (χ4v) is 3.98. The van der Waals surface area contributed by atoms with Gasteiger partial charge in [0.1, 0.15) is 5.82 Å². The first-order valence-electron chi connectivity index (χ1n) is 7.32. The third kappa shape index (κ3) is 4.02. The summed E-state index contributed by atoms with van der Waals surface area (Å²) in [6.07, 6.45) is 3.36. The molecule has 21 heavy (non-hydrogen) atoms. The van der Waals surface area contributed by atoms with E-state index in [1.807, 2.05) is 6.07 Å². The lowest BCUT2D eigenvalue weighted by Gasteiger charge is -2.33. The predicted octanol–water partition coefficient (Wildman–Crippen LogP) is 2.28. The molecule has 0 amide bonds. The predicted molar refractivity (Wildman–Crippen MR) is 81.6 cm³/mol. The minimum atomic E-state index is -3.33. The molecule has 1 saturated heterocycles. The van der Waals surface area contributed by atoms with Crippen LogP contribution in [0.15, 0.2) is 24.3 Å². The zero-order chi connectivity index (χ0) is 15.5. The summed E-state index contributed by atoms with van der Waals surface area (Å²) in [5, 5.41) is 0. The molecule has 1 heterocycles. The summed E-state index contributed by atoms with van der Waals surface area (Å²) in [7, 11) is -0.224. The molecule has 0 aromatic heterocycles. The fraction of sp³-hybridized carbons (Fsp3) is 0.600. The van der Waals surface area contributed by atoms with Gasteiger partial charge in [-0.25, -0.2) is 4.39 Å². The standard InChI is InChI=1S/C15H23FN2O2S/c1-17(2)21(19,20)18-11-5-6-13(12-18)9-10-14-7-3-4-8-15(14)16/h3-4,7-8,13H,5-6,9-12H2,1-2H3/t13-/m0/s1. The van der Waals surface area contributed by atoms with Crippen LogP contribution in [0, 0.1) is 11.7 Å². The van der Waals surface area contributed by atoms with Crippen molar-refractivity contribution in [3.63, 3.8) is 0 Å². The first kappa shape index (κ1) is 16.4. The van der Waals surface area contributed by atoms with E-state index in [1.165, 1.54) is 10.4 Å². The van der Waals surface area contributed by atoms with Crippen molar-refractivity contribution in [2.75, 3.05) is 27.2 Å². The summed E-state index contributed by atoms with van der Waals surface area (Å²) in [5.41, 5.74) is 0.713. The van der Waals surface area contributed by atoms with E-state index in [0.717, 1.165) is 19.3 Å². The SMILES string of the molecule is CN(C)S(=O)(=O)N1CCC[C@@H](CCc2ccccc2F)C1. The molecule has 1 aliphatic rings. The van der Waals surface area contributed by atoms with Crippen molar-refractivity contribution in [3.05, 3.63) is 35.6 Å². The van der Waals surface area contributed by atoms with Gasteiger partial charge in [0.15, 0.2) is 0 Å². The van der Waals surface area contributed by atoms with Crippen molar-refractivity contribution in [1.82, 2.24) is 8.61 Å². The molecule has 0 bridgehead atoms. The minimum absolute atomic E-state index is 0.175. The Morgan fingerprint density at radius 2 is 2.05 bits per heavy atom. The molecule has 1 atom stereocenters. The van der Waals surface area contributed by atoms with E-state index in [4.69, 9.17) is 0 Å². The largest absolute Gasteiger partial charge is 0.281 e. The Hall–Kier alpha value is -0.980. The van der Waals surface area contributed by atoms with Crippen LogP contribution in [0.25, 0.3) is 0 Å². The van der Waals surface area contributed by atoms with E-state index in [2.05, 4.69) is 0 Å². The van der Waals surface area contributed by atoms with Gasteiger partial charge in [-0.2, -0.15) is 17.0 Å². The van der Waals surface area contributed by atoms with E-state index in [0.29, 0.717) is 31.0 Å². The highest BCUT2D eigenvalue weighted by Gasteiger charge is 2.30. The Kier molecular flexibility index (Phi) is 5.35. The molecule has 118 valence electrons. The first-order valence-corrected chi connectivity index (χ1v) is 8.72. The van der Waals surface area contributed by atoms with E-state index in [1.54, 1.807) is 30.5 Å². The van der Waals surface area contributed by atoms with Crippen LogP contribution in [0.3, 0.4) is 0 Å². The molecule has 0 aliphatic carbocycles. The van der Waals surface area contributed by atoms with Gasteiger partial charge in [0.25, 0.3) is 10.2 Å². The number of benzene rings is 1. The lowest BCUT2D eigenvalue weighted by molar-refractivity contribution is 0.245. The number of nitrogens with zero attached hydrogens (tertiary/aromatic N) is 2. The third-order valence-electron chi connectivity index (χ3n) is 4.05. The lowest BCUT2D eigenvalue weighted by atomic mass is 9.92. The average molecular weight is 314 g/mol. The highest BCUT2D eigenvalue weighted by Crippen LogP contribution is 2.24.